The fourth-order valence-electron chi connectivity index (χ4n) is 1.92. The predicted molar refractivity (Wildman–Crippen MR) is 82.5 cm³/mol. The first kappa shape index (κ1) is 15.6. The summed E-state index contributed by atoms with van der Waals surface area (Å²) in [6.45, 7) is 0.666. The van der Waals surface area contributed by atoms with E-state index in [9.17, 15) is 0 Å². The molecular weight excluding hydrogens is 309 g/mol. The van der Waals surface area contributed by atoms with Gasteiger partial charge in [0, 0.05) is 16.8 Å². The molecule has 0 aliphatic carbocycles. The Morgan fingerprint density at radius 2 is 2.10 bits per heavy atom. The molecule has 2 aromatic rings. The molecule has 0 atom stereocenters. The van der Waals surface area contributed by atoms with Crippen molar-refractivity contribution in [3.05, 3.63) is 57.3 Å². The predicted octanol–water partition coefficient (Wildman–Crippen LogP) is 3.34. The summed E-state index contributed by atoms with van der Waals surface area (Å²) in [4.78, 5) is 3.99. The minimum Gasteiger partial charge on any atom is -0.487 e. The second kappa shape index (κ2) is 7.28. The molecule has 0 unspecified atom stereocenters. The fourth-order valence-corrected chi connectivity index (χ4v) is 2.51. The third kappa shape index (κ3) is 3.85. The summed E-state index contributed by atoms with van der Waals surface area (Å²) in [7, 11) is 0. The second-order valence-corrected chi connectivity index (χ2v) is 5.17. The molecule has 21 heavy (non-hydrogen) atoms. The first-order valence-corrected chi connectivity index (χ1v) is 7.06. The van der Waals surface area contributed by atoms with Gasteiger partial charge in [0.15, 0.2) is 0 Å². The minimum absolute atomic E-state index is 0.204. The molecule has 0 aliphatic heterocycles. The Bertz CT molecular complexity index is 683. The molecule has 2 N–H and O–H groups in total. The monoisotopic (exact) mass is 321 g/mol. The van der Waals surface area contributed by atoms with Gasteiger partial charge in [-0.1, -0.05) is 29.3 Å². The van der Waals surface area contributed by atoms with Gasteiger partial charge in [-0.15, -0.1) is 0 Å². The molecule has 6 heteroatoms. The highest BCUT2D eigenvalue weighted by molar-refractivity contribution is 6.35. The largest absolute Gasteiger partial charge is 0.487 e. The van der Waals surface area contributed by atoms with Crippen LogP contribution in [0.1, 0.15) is 16.8 Å². The molecule has 0 saturated heterocycles. The Hall–Kier alpha value is -1.80. The van der Waals surface area contributed by atoms with Gasteiger partial charge in [-0.05, 0) is 36.7 Å². The number of nitrogens with two attached hydrogens (primary N) is 1. The molecule has 0 radical (unpaired) electrons. The highest BCUT2D eigenvalue weighted by atomic mass is 35.5. The number of hydrogen-bond acceptors (Lipinski definition) is 4. The van der Waals surface area contributed by atoms with Crippen LogP contribution < -0.4 is 10.5 Å². The summed E-state index contributed by atoms with van der Waals surface area (Å²) < 4.78 is 5.77. The van der Waals surface area contributed by atoms with Gasteiger partial charge in [-0.2, -0.15) is 5.26 Å². The number of nitriles is 1. The number of pyridine rings is 1. The van der Waals surface area contributed by atoms with Gasteiger partial charge in [0.2, 0.25) is 0 Å². The van der Waals surface area contributed by atoms with E-state index in [1.165, 1.54) is 0 Å². The third-order valence-electron chi connectivity index (χ3n) is 2.87. The van der Waals surface area contributed by atoms with Crippen molar-refractivity contribution in [2.75, 3.05) is 6.54 Å². The molecule has 1 aromatic carbocycles. The summed E-state index contributed by atoms with van der Waals surface area (Å²) >= 11 is 12.2. The maximum absolute atomic E-state index is 9.02. The summed E-state index contributed by atoms with van der Waals surface area (Å²) in [5.41, 5.74) is 7.47. The number of halogens is 2. The number of ether oxygens (including phenoxy) is 1. The lowest BCUT2D eigenvalue weighted by molar-refractivity contribution is 0.302. The molecule has 108 valence electrons. The molecular formula is C15H13Cl2N3O. The normalized spacial score (nSPS) is 10.2. The number of aromatic nitrogens is 1. The first-order chi connectivity index (χ1) is 10.2. The lowest BCUT2D eigenvalue weighted by atomic mass is 10.1. The van der Waals surface area contributed by atoms with E-state index in [1.54, 1.807) is 30.5 Å². The Labute approximate surface area is 133 Å². The summed E-state index contributed by atoms with van der Waals surface area (Å²) in [5.74, 6) is 0.541. The van der Waals surface area contributed by atoms with Gasteiger partial charge < -0.3 is 10.5 Å². The van der Waals surface area contributed by atoms with Crippen molar-refractivity contribution in [2.24, 2.45) is 5.73 Å². The average molecular weight is 322 g/mol. The second-order valence-electron chi connectivity index (χ2n) is 4.33. The Morgan fingerprint density at radius 3 is 2.81 bits per heavy atom. The van der Waals surface area contributed by atoms with E-state index in [0.29, 0.717) is 40.0 Å². The van der Waals surface area contributed by atoms with E-state index in [-0.39, 0.29) is 6.61 Å². The highest BCUT2D eigenvalue weighted by Crippen LogP contribution is 2.33. The van der Waals surface area contributed by atoms with Crippen LogP contribution in [0.25, 0.3) is 0 Å². The average Bonchev–Trinajstić information content (AvgIpc) is 2.47. The molecule has 0 bridgehead atoms. The van der Waals surface area contributed by atoms with Crippen LogP contribution in [0, 0.1) is 11.3 Å². The quantitative estimate of drug-likeness (QED) is 0.916. The SMILES string of the molecule is N#Cc1ncccc1COc1c(Cl)cc(Cl)cc1CCN. The van der Waals surface area contributed by atoms with Crippen molar-refractivity contribution in [3.8, 4) is 11.8 Å². The topological polar surface area (TPSA) is 71.9 Å². The van der Waals surface area contributed by atoms with Gasteiger partial charge in [-0.25, -0.2) is 4.98 Å². The van der Waals surface area contributed by atoms with E-state index in [4.69, 9.17) is 38.9 Å². The van der Waals surface area contributed by atoms with Gasteiger partial charge in [0.05, 0.1) is 5.02 Å². The smallest absolute Gasteiger partial charge is 0.147 e. The molecule has 1 aromatic heterocycles. The molecule has 0 amide bonds. The molecule has 4 nitrogen and oxygen atoms in total. The molecule has 0 spiro atoms. The zero-order valence-electron chi connectivity index (χ0n) is 11.1. The summed E-state index contributed by atoms with van der Waals surface area (Å²) in [5, 5.41) is 9.98. The van der Waals surface area contributed by atoms with Crippen molar-refractivity contribution in [3.63, 3.8) is 0 Å². The standard InChI is InChI=1S/C15H13Cl2N3O/c16-12-6-10(3-4-18)15(13(17)7-12)21-9-11-2-1-5-20-14(11)8-19/h1-2,5-7H,3-4,9,18H2. The van der Waals surface area contributed by atoms with E-state index in [0.717, 1.165) is 5.56 Å². The first-order valence-electron chi connectivity index (χ1n) is 6.30. The van der Waals surface area contributed by atoms with Crippen LogP contribution in [-0.2, 0) is 13.0 Å². The maximum Gasteiger partial charge on any atom is 0.147 e. The van der Waals surface area contributed by atoms with Crippen molar-refractivity contribution in [2.45, 2.75) is 13.0 Å². The molecule has 0 fully saturated rings. The number of benzene rings is 1. The maximum atomic E-state index is 9.02. The van der Waals surface area contributed by atoms with Crippen LogP contribution in [0.4, 0.5) is 0 Å². The number of rotatable bonds is 5. The van der Waals surface area contributed by atoms with Crippen LogP contribution in [0.2, 0.25) is 10.0 Å². The van der Waals surface area contributed by atoms with Gasteiger partial charge in [0.25, 0.3) is 0 Å². The lowest BCUT2D eigenvalue weighted by Crippen LogP contribution is -2.07. The van der Waals surface area contributed by atoms with Gasteiger partial charge in [0.1, 0.15) is 24.1 Å². The highest BCUT2D eigenvalue weighted by Gasteiger charge is 2.12. The number of hydrogen-bond donors (Lipinski definition) is 1. The lowest BCUT2D eigenvalue weighted by Gasteiger charge is -2.14. The van der Waals surface area contributed by atoms with Crippen molar-refractivity contribution in [1.29, 1.82) is 5.26 Å². The van der Waals surface area contributed by atoms with Crippen LogP contribution in [0.15, 0.2) is 30.5 Å². The Morgan fingerprint density at radius 1 is 1.29 bits per heavy atom. The fraction of sp³-hybridized carbons (Fsp3) is 0.200. The minimum atomic E-state index is 0.204. The molecule has 0 saturated carbocycles. The molecule has 2 rings (SSSR count). The summed E-state index contributed by atoms with van der Waals surface area (Å²) in [6, 6.07) is 8.97. The van der Waals surface area contributed by atoms with Crippen LogP contribution in [-0.4, -0.2) is 11.5 Å². The van der Waals surface area contributed by atoms with Crippen molar-refractivity contribution >= 4 is 23.2 Å². The zero-order chi connectivity index (χ0) is 15.2. The molecule has 1 heterocycles. The van der Waals surface area contributed by atoms with E-state index in [1.807, 2.05) is 6.07 Å². The van der Waals surface area contributed by atoms with Crippen LogP contribution in [0.3, 0.4) is 0 Å². The summed E-state index contributed by atoms with van der Waals surface area (Å²) in [6.07, 6.45) is 2.17. The Kier molecular flexibility index (Phi) is 5.40. The van der Waals surface area contributed by atoms with E-state index in [2.05, 4.69) is 4.98 Å². The molecule has 0 aliphatic rings. The van der Waals surface area contributed by atoms with Crippen LogP contribution >= 0.6 is 23.2 Å². The van der Waals surface area contributed by atoms with Crippen molar-refractivity contribution < 1.29 is 4.74 Å². The van der Waals surface area contributed by atoms with Gasteiger partial charge in [-0.3, -0.25) is 0 Å². The van der Waals surface area contributed by atoms with Gasteiger partial charge >= 0.3 is 0 Å². The number of nitrogens with zero attached hydrogens (tertiary/aromatic N) is 2. The zero-order valence-corrected chi connectivity index (χ0v) is 12.7. The van der Waals surface area contributed by atoms with E-state index < -0.39 is 0 Å². The van der Waals surface area contributed by atoms with E-state index >= 15 is 0 Å². The Balaban J connectivity index is 2.26. The van der Waals surface area contributed by atoms with Crippen LogP contribution in [0.5, 0.6) is 5.75 Å². The van der Waals surface area contributed by atoms with Crippen molar-refractivity contribution in [1.82, 2.24) is 4.98 Å². The third-order valence-corrected chi connectivity index (χ3v) is 3.37.